The lowest BCUT2D eigenvalue weighted by molar-refractivity contribution is 0.189. The van der Waals surface area contributed by atoms with E-state index in [1.54, 1.807) is 25.1 Å². The molecule has 0 fully saturated rings. The smallest absolute Gasteiger partial charge is 0.191 e. The summed E-state index contributed by atoms with van der Waals surface area (Å²) in [4.78, 5) is 4.11. The minimum absolute atomic E-state index is 0.511. The highest BCUT2D eigenvalue weighted by molar-refractivity contribution is 7.98. The second kappa shape index (κ2) is 9.37. The first kappa shape index (κ1) is 19.2. The molecule has 0 unspecified atom stereocenters. The number of nitrogens with zero attached hydrogens (tertiary/aromatic N) is 4. The zero-order valence-corrected chi connectivity index (χ0v) is 16.6. The topological polar surface area (TPSA) is 52.8 Å². The highest BCUT2D eigenvalue weighted by Crippen LogP contribution is 2.31. The van der Waals surface area contributed by atoms with Crippen molar-refractivity contribution in [3.05, 3.63) is 58.3 Å². The fourth-order valence-corrected chi connectivity index (χ4v) is 3.91. The number of methoxy groups -OCH3 is 1. The van der Waals surface area contributed by atoms with Crippen LogP contribution in [0.1, 0.15) is 12.0 Å². The lowest BCUT2D eigenvalue weighted by Crippen LogP contribution is -2.05. The summed E-state index contributed by atoms with van der Waals surface area (Å²) in [5, 5.41) is 10.7. The van der Waals surface area contributed by atoms with Gasteiger partial charge in [-0.2, -0.15) is 0 Å². The van der Waals surface area contributed by atoms with Gasteiger partial charge in [0.2, 0.25) is 0 Å². The van der Waals surface area contributed by atoms with E-state index in [0.717, 1.165) is 35.1 Å². The van der Waals surface area contributed by atoms with Crippen LogP contribution >= 0.6 is 35.0 Å². The van der Waals surface area contributed by atoms with E-state index < -0.39 is 0 Å². The van der Waals surface area contributed by atoms with E-state index in [-0.39, 0.29) is 0 Å². The van der Waals surface area contributed by atoms with Crippen LogP contribution in [-0.2, 0) is 17.0 Å². The molecule has 0 amide bonds. The van der Waals surface area contributed by atoms with Crippen LogP contribution in [0.2, 0.25) is 10.2 Å². The molecule has 0 aliphatic rings. The molecule has 26 heavy (non-hydrogen) atoms. The van der Waals surface area contributed by atoms with E-state index in [1.165, 1.54) is 0 Å². The molecule has 1 aromatic carbocycles. The highest BCUT2D eigenvalue weighted by atomic mass is 35.5. The summed E-state index contributed by atoms with van der Waals surface area (Å²) in [5.41, 5.74) is 1.83. The van der Waals surface area contributed by atoms with Crippen LogP contribution in [0.4, 0.5) is 0 Å². The van der Waals surface area contributed by atoms with Crippen molar-refractivity contribution < 1.29 is 4.74 Å². The third-order valence-electron chi connectivity index (χ3n) is 3.75. The molecule has 0 aliphatic carbocycles. The zero-order valence-electron chi connectivity index (χ0n) is 14.2. The van der Waals surface area contributed by atoms with Gasteiger partial charge in [-0.15, -0.1) is 10.2 Å². The van der Waals surface area contributed by atoms with Gasteiger partial charge in [0.25, 0.3) is 0 Å². The number of hydrogen-bond donors (Lipinski definition) is 0. The van der Waals surface area contributed by atoms with Gasteiger partial charge in [-0.1, -0.05) is 53.2 Å². The maximum absolute atomic E-state index is 6.36. The molecule has 2 aromatic heterocycles. The van der Waals surface area contributed by atoms with Gasteiger partial charge in [0.1, 0.15) is 5.15 Å². The first-order chi connectivity index (χ1) is 12.7. The Hall–Kier alpha value is -1.60. The highest BCUT2D eigenvalue weighted by Gasteiger charge is 2.16. The molecule has 8 heteroatoms. The number of pyridine rings is 1. The Bertz CT molecular complexity index is 872. The van der Waals surface area contributed by atoms with E-state index in [4.69, 9.17) is 27.9 Å². The number of thioether (sulfide) groups is 1. The zero-order chi connectivity index (χ0) is 18.4. The molecule has 0 spiro atoms. The van der Waals surface area contributed by atoms with Crippen molar-refractivity contribution in [2.24, 2.45) is 0 Å². The summed E-state index contributed by atoms with van der Waals surface area (Å²) in [7, 11) is 1.70. The van der Waals surface area contributed by atoms with Gasteiger partial charge in [0.05, 0.1) is 5.02 Å². The van der Waals surface area contributed by atoms with Crippen LogP contribution in [0.25, 0.3) is 11.4 Å². The predicted molar refractivity (Wildman–Crippen MR) is 106 cm³/mol. The molecule has 3 rings (SSSR count). The molecular weight excluding hydrogens is 391 g/mol. The SMILES string of the molecule is COCCCn1c(SCc2cccnc2Cl)nnc1-c1ccccc1Cl. The molecule has 0 radical (unpaired) electrons. The first-order valence-electron chi connectivity index (χ1n) is 8.10. The van der Waals surface area contributed by atoms with Crippen molar-refractivity contribution in [2.75, 3.05) is 13.7 Å². The number of aromatic nitrogens is 4. The van der Waals surface area contributed by atoms with Gasteiger partial charge < -0.3 is 9.30 Å². The Balaban J connectivity index is 1.87. The van der Waals surface area contributed by atoms with Crippen LogP contribution in [0.5, 0.6) is 0 Å². The summed E-state index contributed by atoms with van der Waals surface area (Å²) in [6.07, 6.45) is 2.53. The van der Waals surface area contributed by atoms with Crippen molar-refractivity contribution in [2.45, 2.75) is 23.9 Å². The van der Waals surface area contributed by atoms with Crippen LogP contribution < -0.4 is 0 Å². The Morgan fingerprint density at radius 3 is 2.73 bits per heavy atom. The Morgan fingerprint density at radius 1 is 1.12 bits per heavy atom. The van der Waals surface area contributed by atoms with E-state index in [1.807, 2.05) is 36.4 Å². The summed E-state index contributed by atoms with van der Waals surface area (Å²) < 4.78 is 7.26. The summed E-state index contributed by atoms with van der Waals surface area (Å²) in [5.74, 6) is 1.42. The minimum Gasteiger partial charge on any atom is -0.385 e. The largest absolute Gasteiger partial charge is 0.385 e. The molecule has 2 heterocycles. The Kier molecular flexibility index (Phi) is 6.91. The third-order valence-corrected chi connectivity index (χ3v) is 5.44. The lowest BCUT2D eigenvalue weighted by atomic mass is 10.2. The van der Waals surface area contributed by atoms with Crippen molar-refractivity contribution in [1.82, 2.24) is 19.7 Å². The lowest BCUT2D eigenvalue weighted by Gasteiger charge is -2.11. The average molecular weight is 409 g/mol. The minimum atomic E-state index is 0.511. The van der Waals surface area contributed by atoms with Crippen molar-refractivity contribution >= 4 is 35.0 Å². The monoisotopic (exact) mass is 408 g/mol. The van der Waals surface area contributed by atoms with Crippen LogP contribution in [0.3, 0.4) is 0 Å². The number of ether oxygens (including phenoxy) is 1. The molecule has 0 bridgehead atoms. The van der Waals surface area contributed by atoms with Gasteiger partial charge in [0, 0.05) is 37.8 Å². The number of halogens is 2. The average Bonchev–Trinajstić information content (AvgIpc) is 3.04. The second-order valence-corrected chi connectivity index (χ2v) is 7.23. The molecule has 0 N–H and O–H groups in total. The maximum Gasteiger partial charge on any atom is 0.191 e. The molecular formula is C18H18Cl2N4OS. The van der Waals surface area contributed by atoms with E-state index >= 15 is 0 Å². The molecule has 0 saturated carbocycles. The fourth-order valence-electron chi connectivity index (χ4n) is 2.48. The van der Waals surface area contributed by atoms with Crippen molar-refractivity contribution in [1.29, 1.82) is 0 Å². The van der Waals surface area contributed by atoms with Gasteiger partial charge in [0.15, 0.2) is 11.0 Å². The number of hydrogen-bond acceptors (Lipinski definition) is 5. The predicted octanol–water partition coefficient (Wildman–Crippen LogP) is 4.98. The fraction of sp³-hybridized carbons (Fsp3) is 0.278. The molecule has 5 nitrogen and oxygen atoms in total. The normalized spacial score (nSPS) is 11.0. The molecule has 136 valence electrons. The van der Waals surface area contributed by atoms with Gasteiger partial charge in [-0.25, -0.2) is 4.98 Å². The van der Waals surface area contributed by atoms with Gasteiger partial charge in [-0.3, -0.25) is 0 Å². The van der Waals surface area contributed by atoms with Gasteiger partial charge >= 0.3 is 0 Å². The third kappa shape index (κ3) is 4.57. The first-order valence-corrected chi connectivity index (χ1v) is 9.84. The van der Waals surface area contributed by atoms with E-state index in [0.29, 0.717) is 22.5 Å². The molecule has 0 aliphatic heterocycles. The van der Waals surface area contributed by atoms with Crippen LogP contribution in [-0.4, -0.2) is 33.5 Å². The molecule has 3 aromatic rings. The maximum atomic E-state index is 6.36. The summed E-state index contributed by atoms with van der Waals surface area (Å²) in [6, 6.07) is 11.5. The second-order valence-electron chi connectivity index (χ2n) is 5.53. The van der Waals surface area contributed by atoms with Crippen molar-refractivity contribution in [3.8, 4) is 11.4 Å². The number of benzene rings is 1. The van der Waals surface area contributed by atoms with Crippen LogP contribution in [0.15, 0.2) is 47.8 Å². The number of rotatable bonds is 8. The van der Waals surface area contributed by atoms with Gasteiger partial charge in [-0.05, 0) is 30.2 Å². The standard InChI is InChI=1S/C18H18Cl2N4OS/c1-25-11-5-10-24-17(14-7-2-3-8-15(14)19)22-23-18(24)26-12-13-6-4-9-21-16(13)20/h2-4,6-9H,5,10-12H2,1H3. The Morgan fingerprint density at radius 2 is 1.96 bits per heavy atom. The molecule has 0 saturated heterocycles. The summed E-state index contributed by atoms with van der Waals surface area (Å²) in [6.45, 7) is 1.41. The summed E-state index contributed by atoms with van der Waals surface area (Å²) >= 11 is 14.1. The Labute approximate surface area is 166 Å². The van der Waals surface area contributed by atoms with E-state index in [2.05, 4.69) is 19.7 Å². The molecule has 0 atom stereocenters. The van der Waals surface area contributed by atoms with Crippen molar-refractivity contribution in [3.63, 3.8) is 0 Å². The quantitative estimate of drug-likeness (QED) is 0.299. The van der Waals surface area contributed by atoms with Crippen LogP contribution in [0, 0.1) is 0 Å². The van der Waals surface area contributed by atoms with E-state index in [9.17, 15) is 0 Å².